The average molecular weight is 215 g/mol. The van der Waals surface area contributed by atoms with Crippen molar-refractivity contribution < 1.29 is 19.8 Å². The van der Waals surface area contributed by atoms with Gasteiger partial charge < -0.3 is 10.2 Å². The zero-order valence-corrected chi connectivity index (χ0v) is 9.06. The number of rotatable bonds is 4. The molecule has 0 bridgehead atoms. The molecule has 2 atom stereocenters. The van der Waals surface area contributed by atoms with Gasteiger partial charge in [-0.2, -0.15) is 0 Å². The van der Waals surface area contributed by atoms with Crippen molar-refractivity contribution in [2.24, 2.45) is 0 Å². The van der Waals surface area contributed by atoms with E-state index in [1.807, 2.05) is 0 Å². The molecule has 0 radical (unpaired) electrons. The number of hydrogen-bond donors (Lipinski definition) is 2. The Balaban J connectivity index is 3.02. The quantitative estimate of drug-likeness (QED) is 0.725. The van der Waals surface area contributed by atoms with Gasteiger partial charge in [-0.1, -0.05) is 13.8 Å². The summed E-state index contributed by atoms with van der Waals surface area (Å²) in [5, 5.41) is 18.2. The normalized spacial score (nSPS) is 31.7. The number of hydrogen-bond acceptors (Lipinski definition) is 3. The Morgan fingerprint density at radius 3 is 2.33 bits per heavy atom. The Morgan fingerprint density at radius 2 is 2.00 bits per heavy atom. The highest BCUT2D eigenvalue weighted by atomic mass is 16.4. The number of likely N-dealkylation sites (tertiary alicyclic amines) is 1. The molecule has 0 saturated carbocycles. The maximum absolute atomic E-state index is 11.3. The molecule has 0 aromatic rings. The van der Waals surface area contributed by atoms with Gasteiger partial charge >= 0.3 is 11.9 Å². The first-order valence-electron chi connectivity index (χ1n) is 5.22. The van der Waals surface area contributed by atoms with Crippen LogP contribution in [0.15, 0.2) is 0 Å². The summed E-state index contributed by atoms with van der Waals surface area (Å²) in [4.78, 5) is 23.8. The van der Waals surface area contributed by atoms with Crippen molar-refractivity contribution in [1.29, 1.82) is 0 Å². The predicted molar refractivity (Wildman–Crippen MR) is 53.7 cm³/mol. The average Bonchev–Trinajstić information content (AvgIpc) is 2.56. The third-order valence-corrected chi connectivity index (χ3v) is 3.37. The number of carboxylic acids is 2. The van der Waals surface area contributed by atoms with Crippen LogP contribution in [-0.4, -0.2) is 45.2 Å². The van der Waals surface area contributed by atoms with Gasteiger partial charge in [0.25, 0.3) is 0 Å². The van der Waals surface area contributed by atoms with E-state index in [1.54, 1.807) is 18.7 Å². The van der Waals surface area contributed by atoms with E-state index >= 15 is 0 Å². The maximum atomic E-state index is 11.3. The monoisotopic (exact) mass is 215 g/mol. The van der Waals surface area contributed by atoms with Crippen LogP contribution in [0.5, 0.6) is 0 Å². The van der Waals surface area contributed by atoms with E-state index in [4.69, 9.17) is 5.11 Å². The second-order valence-corrected chi connectivity index (χ2v) is 3.87. The van der Waals surface area contributed by atoms with Crippen LogP contribution in [0, 0.1) is 0 Å². The highest BCUT2D eigenvalue weighted by molar-refractivity contribution is 5.82. The Bertz CT molecular complexity index is 279. The van der Waals surface area contributed by atoms with Gasteiger partial charge in [-0.25, -0.2) is 0 Å². The summed E-state index contributed by atoms with van der Waals surface area (Å²) in [7, 11) is 0. The Hall–Kier alpha value is -1.10. The van der Waals surface area contributed by atoms with Gasteiger partial charge in [-0.3, -0.25) is 14.5 Å². The fourth-order valence-electron chi connectivity index (χ4n) is 2.51. The Labute approximate surface area is 88.7 Å². The minimum atomic E-state index is -0.974. The summed E-state index contributed by atoms with van der Waals surface area (Å²) in [6, 6.07) is -0.647. The van der Waals surface area contributed by atoms with E-state index in [0.29, 0.717) is 25.8 Å². The first-order valence-corrected chi connectivity index (χ1v) is 5.22. The van der Waals surface area contributed by atoms with Crippen molar-refractivity contribution in [3.63, 3.8) is 0 Å². The Kier molecular flexibility index (Phi) is 3.34. The second-order valence-electron chi connectivity index (χ2n) is 3.87. The topological polar surface area (TPSA) is 77.8 Å². The zero-order chi connectivity index (χ0) is 11.6. The van der Waals surface area contributed by atoms with Crippen molar-refractivity contribution >= 4 is 11.9 Å². The number of carbonyl (C=O) groups is 2. The number of likely N-dealkylation sites (N-methyl/N-ethyl adjacent to an activating group) is 1. The summed E-state index contributed by atoms with van der Waals surface area (Å²) >= 11 is 0. The van der Waals surface area contributed by atoms with Crippen molar-refractivity contribution in [1.82, 2.24) is 4.90 Å². The van der Waals surface area contributed by atoms with Crippen LogP contribution < -0.4 is 0 Å². The molecular weight excluding hydrogens is 198 g/mol. The first kappa shape index (κ1) is 12.0. The molecule has 0 aromatic carbocycles. The lowest BCUT2D eigenvalue weighted by molar-refractivity contribution is -0.154. The van der Waals surface area contributed by atoms with E-state index in [1.165, 1.54) is 0 Å². The Morgan fingerprint density at radius 1 is 1.40 bits per heavy atom. The molecular formula is C10H17NO4. The van der Waals surface area contributed by atoms with Crippen molar-refractivity contribution in [3.8, 4) is 0 Å². The fraction of sp³-hybridized carbons (Fsp3) is 0.800. The lowest BCUT2D eigenvalue weighted by Crippen LogP contribution is -2.54. The van der Waals surface area contributed by atoms with E-state index in [-0.39, 0.29) is 0 Å². The number of carboxylic acid groups (broad SMARTS) is 2. The maximum Gasteiger partial charge on any atom is 0.324 e. The first-order chi connectivity index (χ1) is 6.99. The van der Waals surface area contributed by atoms with Crippen LogP contribution in [0.3, 0.4) is 0 Å². The van der Waals surface area contributed by atoms with Gasteiger partial charge in [0.15, 0.2) is 0 Å². The van der Waals surface area contributed by atoms with Crippen molar-refractivity contribution in [3.05, 3.63) is 0 Å². The summed E-state index contributed by atoms with van der Waals surface area (Å²) in [5.74, 6) is -1.83. The fourth-order valence-corrected chi connectivity index (χ4v) is 2.51. The minimum absolute atomic E-state index is 0.420. The molecule has 86 valence electrons. The number of aliphatic carboxylic acids is 2. The standard InChI is InChI=1S/C10H17NO4/c1-3-10(9(14)15)6-5-7(8(12)13)11(10)4-2/h7H,3-6H2,1-2H3,(H,12,13)(H,14,15)/t7-,10-/m1/s1. The third kappa shape index (κ3) is 1.71. The molecule has 0 spiro atoms. The van der Waals surface area contributed by atoms with Crippen LogP contribution in [0.1, 0.15) is 33.1 Å². The van der Waals surface area contributed by atoms with Crippen LogP contribution in [-0.2, 0) is 9.59 Å². The van der Waals surface area contributed by atoms with E-state index in [2.05, 4.69) is 0 Å². The molecule has 0 aliphatic carbocycles. The molecule has 15 heavy (non-hydrogen) atoms. The molecule has 1 aliphatic rings. The predicted octanol–water partition coefficient (Wildman–Crippen LogP) is 0.789. The molecule has 1 fully saturated rings. The highest BCUT2D eigenvalue weighted by Gasteiger charge is 2.52. The summed E-state index contributed by atoms with van der Waals surface area (Å²) < 4.78 is 0. The SMILES string of the molecule is CCN1[C@@H](C(=O)O)CC[C@]1(CC)C(=O)O. The van der Waals surface area contributed by atoms with Crippen LogP contribution in [0.25, 0.3) is 0 Å². The number of nitrogens with zero attached hydrogens (tertiary/aromatic N) is 1. The smallest absolute Gasteiger partial charge is 0.324 e. The van der Waals surface area contributed by atoms with E-state index in [0.717, 1.165) is 0 Å². The second kappa shape index (κ2) is 4.18. The molecule has 1 aliphatic heterocycles. The van der Waals surface area contributed by atoms with Gasteiger partial charge in [0, 0.05) is 0 Å². The van der Waals surface area contributed by atoms with Crippen molar-refractivity contribution in [2.45, 2.75) is 44.7 Å². The largest absolute Gasteiger partial charge is 0.480 e. The van der Waals surface area contributed by atoms with Gasteiger partial charge in [0.2, 0.25) is 0 Å². The van der Waals surface area contributed by atoms with Gasteiger partial charge in [-0.05, 0) is 25.8 Å². The molecule has 1 saturated heterocycles. The van der Waals surface area contributed by atoms with Gasteiger partial charge in [0.1, 0.15) is 11.6 Å². The van der Waals surface area contributed by atoms with Crippen molar-refractivity contribution in [2.75, 3.05) is 6.54 Å². The van der Waals surface area contributed by atoms with Gasteiger partial charge in [-0.15, -0.1) is 0 Å². The highest BCUT2D eigenvalue weighted by Crippen LogP contribution is 2.36. The summed E-state index contributed by atoms with van der Waals surface area (Å²) in [5.41, 5.74) is -0.974. The molecule has 1 heterocycles. The van der Waals surface area contributed by atoms with Gasteiger partial charge in [0.05, 0.1) is 0 Å². The molecule has 0 aromatic heterocycles. The van der Waals surface area contributed by atoms with Crippen LogP contribution >= 0.6 is 0 Å². The minimum Gasteiger partial charge on any atom is -0.480 e. The van der Waals surface area contributed by atoms with E-state index < -0.39 is 23.5 Å². The lowest BCUT2D eigenvalue weighted by Gasteiger charge is -2.35. The molecule has 5 heteroatoms. The zero-order valence-electron chi connectivity index (χ0n) is 9.06. The lowest BCUT2D eigenvalue weighted by atomic mass is 9.93. The van der Waals surface area contributed by atoms with Crippen LogP contribution in [0.4, 0.5) is 0 Å². The molecule has 1 rings (SSSR count). The molecule has 2 N–H and O–H groups in total. The third-order valence-electron chi connectivity index (χ3n) is 3.37. The molecule has 0 amide bonds. The van der Waals surface area contributed by atoms with E-state index in [9.17, 15) is 14.7 Å². The summed E-state index contributed by atoms with van der Waals surface area (Å²) in [6.45, 7) is 4.05. The molecule has 5 nitrogen and oxygen atoms in total. The summed E-state index contributed by atoms with van der Waals surface area (Å²) in [6.07, 6.45) is 1.28. The molecule has 0 unspecified atom stereocenters. The van der Waals surface area contributed by atoms with Crippen LogP contribution in [0.2, 0.25) is 0 Å².